The van der Waals surface area contributed by atoms with Gasteiger partial charge in [-0.3, -0.25) is 5.43 Å². The Morgan fingerprint density at radius 3 is 2.72 bits per heavy atom. The molecular weight excluding hydrogens is 412 g/mol. The van der Waals surface area contributed by atoms with Crippen LogP contribution in [0.15, 0.2) is 36.4 Å². The number of hydrogen-bond acceptors (Lipinski definition) is 9. The van der Waals surface area contributed by atoms with E-state index in [0.717, 1.165) is 30.0 Å². The van der Waals surface area contributed by atoms with Crippen LogP contribution >= 0.6 is 0 Å². The first kappa shape index (κ1) is 25.3. The molecule has 0 radical (unpaired) electrons. The molecule has 1 amide bonds. The number of rotatable bonds is 14. The van der Waals surface area contributed by atoms with E-state index in [9.17, 15) is 9.90 Å². The highest BCUT2D eigenvalue weighted by Crippen LogP contribution is 2.16. The van der Waals surface area contributed by atoms with Crippen LogP contribution in [0.3, 0.4) is 0 Å². The molecule has 0 saturated carbocycles. The zero-order chi connectivity index (χ0) is 23.2. The van der Waals surface area contributed by atoms with E-state index in [0.29, 0.717) is 25.5 Å². The molecule has 5 N–H and O–H groups in total. The van der Waals surface area contributed by atoms with Crippen molar-refractivity contribution in [3.05, 3.63) is 47.7 Å². The maximum Gasteiger partial charge on any atom is 0.425 e. The van der Waals surface area contributed by atoms with Gasteiger partial charge in [-0.05, 0) is 57.5 Å². The third-order valence-electron chi connectivity index (χ3n) is 4.57. The van der Waals surface area contributed by atoms with Crippen LogP contribution in [0.4, 0.5) is 10.6 Å². The van der Waals surface area contributed by atoms with E-state index in [2.05, 4.69) is 38.6 Å². The number of carbonyl (C=O) groups excluding carboxylic acids is 1. The Morgan fingerprint density at radius 1 is 1.19 bits per heavy atom. The molecule has 2 rings (SSSR count). The highest BCUT2D eigenvalue weighted by atomic mass is 16.5. The van der Waals surface area contributed by atoms with Gasteiger partial charge in [0.2, 0.25) is 0 Å². The van der Waals surface area contributed by atoms with Crippen molar-refractivity contribution >= 4 is 11.9 Å². The number of aromatic nitrogens is 2. The lowest BCUT2D eigenvalue weighted by Gasteiger charge is -2.18. The fraction of sp³-hybridized carbons (Fsp3) is 0.500. The average Bonchev–Trinajstić information content (AvgIpc) is 2.79. The number of hydrogen-bond donors (Lipinski definition) is 5. The minimum atomic E-state index is -0.578. The van der Waals surface area contributed by atoms with Crippen molar-refractivity contribution in [1.82, 2.24) is 26.3 Å². The highest BCUT2D eigenvalue weighted by molar-refractivity contribution is 5.68. The Hall–Kier alpha value is -2.95. The molecule has 1 aromatic heterocycles. The van der Waals surface area contributed by atoms with E-state index < -0.39 is 12.2 Å². The molecule has 0 aliphatic carbocycles. The second kappa shape index (κ2) is 14.2. The van der Waals surface area contributed by atoms with Gasteiger partial charge in [-0.2, -0.15) is 5.10 Å². The van der Waals surface area contributed by atoms with E-state index in [4.69, 9.17) is 9.47 Å². The van der Waals surface area contributed by atoms with Gasteiger partial charge < -0.3 is 25.2 Å². The normalized spacial score (nSPS) is 12.6. The van der Waals surface area contributed by atoms with Crippen LogP contribution in [0.25, 0.3) is 0 Å². The molecule has 32 heavy (non-hydrogen) atoms. The largest absolute Gasteiger partial charge is 0.491 e. The third-order valence-corrected chi connectivity index (χ3v) is 4.57. The predicted molar refractivity (Wildman–Crippen MR) is 122 cm³/mol. The lowest BCUT2D eigenvalue weighted by Crippen LogP contribution is -2.38. The van der Waals surface area contributed by atoms with Crippen LogP contribution in [0, 0.1) is 6.92 Å². The smallest absolute Gasteiger partial charge is 0.425 e. The van der Waals surface area contributed by atoms with E-state index in [1.807, 2.05) is 37.3 Å². The van der Waals surface area contributed by atoms with Crippen molar-refractivity contribution in [2.24, 2.45) is 0 Å². The van der Waals surface area contributed by atoms with Crippen molar-refractivity contribution < 1.29 is 19.4 Å². The Morgan fingerprint density at radius 2 is 2.00 bits per heavy atom. The van der Waals surface area contributed by atoms with E-state index >= 15 is 0 Å². The minimum absolute atomic E-state index is 0.238. The van der Waals surface area contributed by atoms with Crippen LogP contribution < -0.4 is 26.2 Å². The summed E-state index contributed by atoms with van der Waals surface area (Å²) in [6.07, 6.45) is -0.262. The molecule has 0 aliphatic heterocycles. The van der Waals surface area contributed by atoms with Crippen LogP contribution in [-0.4, -0.2) is 59.8 Å². The van der Waals surface area contributed by atoms with E-state index in [1.54, 1.807) is 13.0 Å². The number of benzene rings is 1. The zero-order valence-electron chi connectivity index (χ0n) is 18.9. The van der Waals surface area contributed by atoms with Crippen molar-refractivity contribution in [3.8, 4) is 5.75 Å². The van der Waals surface area contributed by atoms with Gasteiger partial charge in [0.15, 0.2) is 5.82 Å². The predicted octanol–water partition coefficient (Wildman–Crippen LogP) is 1.76. The Labute approximate surface area is 189 Å². The summed E-state index contributed by atoms with van der Waals surface area (Å²) in [6.45, 7) is 8.16. The van der Waals surface area contributed by atoms with Crippen molar-refractivity contribution in [2.75, 3.05) is 31.7 Å². The van der Waals surface area contributed by atoms with Gasteiger partial charge in [0.25, 0.3) is 0 Å². The summed E-state index contributed by atoms with van der Waals surface area (Å²) in [7, 11) is 0. The Balaban J connectivity index is 1.55. The standard InChI is InChI=1S/C22H34N6O4/c1-4-31-22(30)28-27-21-10-9-18(25-26-21)13-23-12-11-17(3)24-14-19(29)15-32-20-8-6-5-7-16(20)2/h5-10,17,19,23-24,29H,4,11-15H2,1-3H3,(H,26,27)(H,28,30). The molecule has 0 bridgehead atoms. The molecule has 2 atom stereocenters. The van der Waals surface area contributed by atoms with Crippen LogP contribution in [0.5, 0.6) is 5.75 Å². The SMILES string of the molecule is CCOC(=O)NNc1ccc(CNCCC(C)NCC(O)COc2ccccc2C)nn1. The summed E-state index contributed by atoms with van der Waals surface area (Å²) in [4.78, 5) is 11.2. The summed E-state index contributed by atoms with van der Waals surface area (Å²) in [5, 5.41) is 24.9. The molecule has 176 valence electrons. The second-order valence-corrected chi connectivity index (χ2v) is 7.39. The Bertz CT molecular complexity index is 805. The molecular formula is C22H34N6O4. The molecule has 2 aromatic rings. The van der Waals surface area contributed by atoms with Crippen molar-refractivity contribution in [1.29, 1.82) is 0 Å². The maximum atomic E-state index is 11.2. The minimum Gasteiger partial charge on any atom is -0.491 e. The number of para-hydroxylation sites is 1. The second-order valence-electron chi connectivity index (χ2n) is 7.39. The number of nitrogens with one attached hydrogen (secondary N) is 4. The van der Waals surface area contributed by atoms with Gasteiger partial charge in [0.1, 0.15) is 18.5 Å². The Kier molecular flexibility index (Phi) is 11.2. The molecule has 0 fully saturated rings. The molecule has 0 spiro atoms. The molecule has 1 heterocycles. The summed E-state index contributed by atoms with van der Waals surface area (Å²) in [5.74, 6) is 1.22. The fourth-order valence-electron chi connectivity index (χ4n) is 2.74. The topological polar surface area (TPSA) is 130 Å². The molecule has 1 aromatic carbocycles. The van der Waals surface area contributed by atoms with Crippen molar-refractivity contribution in [2.45, 2.75) is 45.9 Å². The average molecular weight is 447 g/mol. The summed E-state index contributed by atoms with van der Waals surface area (Å²) in [5.41, 5.74) is 6.83. The van der Waals surface area contributed by atoms with Crippen LogP contribution in [0.1, 0.15) is 31.5 Å². The third kappa shape index (κ3) is 9.90. The molecule has 10 nitrogen and oxygen atoms in total. The molecule has 0 aliphatic rings. The van der Waals surface area contributed by atoms with Gasteiger partial charge in [0, 0.05) is 19.1 Å². The highest BCUT2D eigenvalue weighted by Gasteiger charge is 2.09. The summed E-state index contributed by atoms with van der Waals surface area (Å²) < 4.78 is 10.4. The zero-order valence-corrected chi connectivity index (χ0v) is 18.9. The number of carbonyl (C=O) groups is 1. The van der Waals surface area contributed by atoms with E-state index in [-0.39, 0.29) is 12.6 Å². The number of aliphatic hydroxyl groups excluding tert-OH is 1. The monoisotopic (exact) mass is 446 g/mol. The number of ether oxygens (including phenoxy) is 2. The molecule has 0 saturated heterocycles. The summed E-state index contributed by atoms with van der Waals surface area (Å²) >= 11 is 0. The first-order valence-electron chi connectivity index (χ1n) is 10.8. The maximum absolute atomic E-state index is 11.2. The van der Waals surface area contributed by atoms with Crippen LogP contribution in [-0.2, 0) is 11.3 Å². The molecule has 10 heteroatoms. The van der Waals surface area contributed by atoms with Crippen LogP contribution in [0.2, 0.25) is 0 Å². The quantitative estimate of drug-likeness (QED) is 0.218. The number of aryl methyl sites for hydroxylation is 1. The fourth-order valence-corrected chi connectivity index (χ4v) is 2.74. The summed E-state index contributed by atoms with van der Waals surface area (Å²) in [6, 6.07) is 11.5. The number of amides is 1. The number of hydrazine groups is 1. The number of aliphatic hydroxyl groups is 1. The first-order chi connectivity index (χ1) is 15.5. The van der Waals surface area contributed by atoms with Gasteiger partial charge in [-0.25, -0.2) is 10.2 Å². The molecule has 2 unspecified atom stereocenters. The van der Waals surface area contributed by atoms with Gasteiger partial charge in [-0.15, -0.1) is 5.10 Å². The lowest BCUT2D eigenvalue weighted by atomic mass is 10.2. The van der Waals surface area contributed by atoms with Gasteiger partial charge in [-0.1, -0.05) is 18.2 Å². The van der Waals surface area contributed by atoms with Crippen molar-refractivity contribution in [3.63, 3.8) is 0 Å². The lowest BCUT2D eigenvalue weighted by molar-refractivity contribution is 0.103. The van der Waals surface area contributed by atoms with E-state index in [1.165, 1.54) is 0 Å². The first-order valence-corrected chi connectivity index (χ1v) is 10.8. The van der Waals surface area contributed by atoms with Gasteiger partial charge >= 0.3 is 6.09 Å². The number of anilines is 1. The van der Waals surface area contributed by atoms with Gasteiger partial charge in [0.05, 0.1) is 12.3 Å². The number of nitrogens with zero attached hydrogens (tertiary/aromatic N) is 2.